The number of hydrogen-bond donors (Lipinski definition) is 0. The fourth-order valence-electron chi connectivity index (χ4n) is 6.35. The summed E-state index contributed by atoms with van der Waals surface area (Å²) in [6.45, 7) is 0. The van der Waals surface area contributed by atoms with E-state index >= 15 is 0 Å². The van der Waals surface area contributed by atoms with Crippen LogP contribution < -0.4 is 4.74 Å². The highest BCUT2D eigenvalue weighted by molar-refractivity contribution is 7.99. The largest absolute Gasteiger partial charge is 0.457 e. The van der Waals surface area contributed by atoms with Gasteiger partial charge in [0.1, 0.15) is 11.5 Å². The molecule has 0 saturated heterocycles. The third kappa shape index (κ3) is 4.36. The van der Waals surface area contributed by atoms with Gasteiger partial charge in [0.2, 0.25) is 0 Å². The standard InChI is InChI=1S/C39H30OS2/c1-41-37-23-21-29(25-31(37)27-13-5-3-6-14-27)39(30-22-24-38(42-2)32(26-30)28-15-7-4-8-16-28)33-17-9-11-19-35(33)40-36-20-12-10-18-34(36)39/h3-26H,1-2H3. The maximum Gasteiger partial charge on any atom is 0.132 e. The maximum absolute atomic E-state index is 6.59. The summed E-state index contributed by atoms with van der Waals surface area (Å²) in [5.74, 6) is 1.78. The first-order chi connectivity index (χ1) is 20.7. The molecule has 42 heavy (non-hydrogen) atoms. The molecule has 0 bridgehead atoms. The molecule has 0 aliphatic carbocycles. The minimum Gasteiger partial charge on any atom is -0.457 e. The molecule has 0 atom stereocenters. The molecule has 6 aromatic rings. The second-order valence-electron chi connectivity index (χ2n) is 10.4. The Morgan fingerprint density at radius 2 is 0.857 bits per heavy atom. The second-order valence-corrected chi connectivity index (χ2v) is 12.1. The average Bonchev–Trinajstić information content (AvgIpc) is 3.07. The van der Waals surface area contributed by atoms with E-state index < -0.39 is 5.41 Å². The molecule has 7 rings (SSSR count). The van der Waals surface area contributed by atoms with Gasteiger partial charge in [-0.3, -0.25) is 0 Å². The Labute approximate surface area is 256 Å². The molecular weight excluding hydrogens is 549 g/mol. The highest BCUT2D eigenvalue weighted by Gasteiger charge is 2.45. The van der Waals surface area contributed by atoms with Crippen molar-refractivity contribution in [2.45, 2.75) is 15.2 Å². The quantitative estimate of drug-likeness (QED) is 0.182. The van der Waals surface area contributed by atoms with Gasteiger partial charge in [-0.05, 0) is 82.3 Å². The first-order valence-electron chi connectivity index (χ1n) is 14.1. The van der Waals surface area contributed by atoms with Crippen molar-refractivity contribution in [1.82, 2.24) is 0 Å². The van der Waals surface area contributed by atoms with Gasteiger partial charge in [0.15, 0.2) is 0 Å². The molecule has 0 N–H and O–H groups in total. The first kappa shape index (κ1) is 26.7. The van der Waals surface area contributed by atoms with Crippen LogP contribution in [0, 0.1) is 0 Å². The summed E-state index contributed by atoms with van der Waals surface area (Å²) in [7, 11) is 0. The molecule has 1 nitrogen and oxygen atoms in total. The van der Waals surface area contributed by atoms with Gasteiger partial charge in [-0.1, -0.05) is 109 Å². The Morgan fingerprint density at radius 1 is 0.452 bits per heavy atom. The summed E-state index contributed by atoms with van der Waals surface area (Å²) < 4.78 is 6.59. The van der Waals surface area contributed by atoms with Gasteiger partial charge in [-0.25, -0.2) is 0 Å². The van der Waals surface area contributed by atoms with E-state index in [1.807, 2.05) is 0 Å². The summed E-state index contributed by atoms with van der Waals surface area (Å²) in [4.78, 5) is 2.52. The molecule has 1 aliphatic rings. The van der Waals surface area contributed by atoms with Crippen molar-refractivity contribution >= 4 is 23.5 Å². The SMILES string of the molecule is CSc1ccc(C2(c3ccc(SC)c(-c4ccccc4)c3)c3ccccc3Oc3ccccc32)cc1-c1ccccc1. The van der Waals surface area contributed by atoms with E-state index in [2.05, 4.69) is 158 Å². The Hall–Kier alpha value is -4.18. The summed E-state index contributed by atoms with van der Waals surface area (Å²) in [6.07, 6.45) is 4.31. The predicted octanol–water partition coefficient (Wildman–Crippen LogP) is 11.0. The zero-order valence-electron chi connectivity index (χ0n) is 23.6. The number of benzene rings is 6. The third-order valence-electron chi connectivity index (χ3n) is 8.24. The van der Waals surface area contributed by atoms with Crippen molar-refractivity contribution in [3.05, 3.63) is 168 Å². The monoisotopic (exact) mass is 578 g/mol. The van der Waals surface area contributed by atoms with Crippen LogP contribution in [0.15, 0.2) is 155 Å². The molecule has 0 fully saturated rings. The minimum atomic E-state index is -0.591. The van der Waals surface area contributed by atoms with Gasteiger partial charge >= 0.3 is 0 Å². The fourth-order valence-corrected chi connectivity index (χ4v) is 7.55. The van der Waals surface area contributed by atoms with E-state index in [4.69, 9.17) is 4.74 Å². The van der Waals surface area contributed by atoms with Gasteiger partial charge < -0.3 is 4.74 Å². The first-order valence-corrected chi connectivity index (χ1v) is 16.5. The van der Waals surface area contributed by atoms with Crippen molar-refractivity contribution in [3.8, 4) is 33.8 Å². The van der Waals surface area contributed by atoms with Crippen LogP contribution in [-0.4, -0.2) is 12.5 Å². The Bertz CT molecular complexity index is 1740. The van der Waals surface area contributed by atoms with Gasteiger partial charge in [-0.2, -0.15) is 0 Å². The topological polar surface area (TPSA) is 9.23 Å². The molecule has 1 aliphatic heterocycles. The molecule has 3 heteroatoms. The van der Waals surface area contributed by atoms with Gasteiger partial charge in [0.25, 0.3) is 0 Å². The maximum atomic E-state index is 6.59. The lowest BCUT2D eigenvalue weighted by molar-refractivity contribution is 0.434. The van der Waals surface area contributed by atoms with Crippen LogP contribution in [0.5, 0.6) is 11.5 Å². The summed E-state index contributed by atoms with van der Waals surface area (Å²) in [5, 5.41) is 0. The van der Waals surface area contributed by atoms with E-state index in [1.54, 1.807) is 23.5 Å². The highest BCUT2D eigenvalue weighted by atomic mass is 32.2. The summed E-state index contributed by atoms with van der Waals surface area (Å²) in [6, 6.07) is 52.6. The normalized spacial score (nSPS) is 13.1. The van der Waals surface area contributed by atoms with Crippen molar-refractivity contribution in [2.75, 3.05) is 12.5 Å². The third-order valence-corrected chi connectivity index (χ3v) is 9.83. The molecule has 0 amide bonds. The summed E-state index contributed by atoms with van der Waals surface area (Å²) >= 11 is 3.58. The fraction of sp³-hybridized carbons (Fsp3) is 0.0769. The Kier molecular flexibility index (Phi) is 7.15. The Balaban J connectivity index is 1.61. The van der Waals surface area contributed by atoms with Crippen molar-refractivity contribution in [1.29, 1.82) is 0 Å². The number of fused-ring (bicyclic) bond motifs is 2. The molecule has 0 aromatic heterocycles. The zero-order chi connectivity index (χ0) is 28.5. The number of thioether (sulfide) groups is 2. The van der Waals surface area contributed by atoms with Gasteiger partial charge in [0.05, 0.1) is 5.41 Å². The number of hydrogen-bond acceptors (Lipinski definition) is 3. The van der Waals surface area contributed by atoms with E-state index in [-0.39, 0.29) is 0 Å². The van der Waals surface area contributed by atoms with Crippen molar-refractivity contribution < 1.29 is 4.74 Å². The lowest BCUT2D eigenvalue weighted by atomic mass is 9.63. The zero-order valence-corrected chi connectivity index (χ0v) is 25.2. The van der Waals surface area contributed by atoms with Crippen LogP contribution in [-0.2, 0) is 5.41 Å². The van der Waals surface area contributed by atoms with Crippen LogP contribution in [0.4, 0.5) is 0 Å². The van der Waals surface area contributed by atoms with Crippen LogP contribution in [0.25, 0.3) is 22.3 Å². The molecule has 0 spiro atoms. The molecule has 0 unspecified atom stereocenters. The van der Waals surface area contributed by atoms with Gasteiger partial charge in [0, 0.05) is 20.9 Å². The molecular formula is C39H30OS2. The van der Waals surface area contributed by atoms with Crippen LogP contribution in [0.3, 0.4) is 0 Å². The van der Waals surface area contributed by atoms with E-state index in [1.165, 1.54) is 43.2 Å². The van der Waals surface area contributed by atoms with Gasteiger partial charge in [-0.15, -0.1) is 23.5 Å². The van der Waals surface area contributed by atoms with Crippen molar-refractivity contribution in [2.24, 2.45) is 0 Å². The van der Waals surface area contributed by atoms with E-state index in [0.717, 1.165) is 22.6 Å². The van der Waals surface area contributed by atoms with Crippen LogP contribution in [0.2, 0.25) is 0 Å². The van der Waals surface area contributed by atoms with Crippen LogP contribution >= 0.6 is 23.5 Å². The van der Waals surface area contributed by atoms with Crippen molar-refractivity contribution in [3.63, 3.8) is 0 Å². The van der Waals surface area contributed by atoms with E-state index in [9.17, 15) is 0 Å². The average molecular weight is 579 g/mol. The summed E-state index contributed by atoms with van der Waals surface area (Å²) in [5.41, 5.74) is 9.07. The molecule has 6 aromatic carbocycles. The molecule has 0 saturated carbocycles. The second kappa shape index (κ2) is 11.2. The molecule has 1 heterocycles. The smallest absolute Gasteiger partial charge is 0.132 e. The highest BCUT2D eigenvalue weighted by Crippen LogP contribution is 2.56. The minimum absolute atomic E-state index is 0.591. The lowest BCUT2D eigenvalue weighted by Crippen LogP contribution is -2.34. The van der Waals surface area contributed by atoms with E-state index in [0.29, 0.717) is 0 Å². The molecule has 0 radical (unpaired) electrons. The van der Waals surface area contributed by atoms with Crippen LogP contribution in [0.1, 0.15) is 22.3 Å². The number of ether oxygens (including phenoxy) is 1. The predicted molar refractivity (Wildman–Crippen MR) is 179 cm³/mol. The number of para-hydroxylation sites is 2. The Morgan fingerprint density at radius 3 is 1.29 bits per heavy atom. The molecule has 204 valence electrons. The lowest BCUT2D eigenvalue weighted by Gasteiger charge is -2.42. The number of rotatable bonds is 6.